The van der Waals surface area contributed by atoms with Gasteiger partial charge in [0, 0.05) is 17.1 Å². The van der Waals surface area contributed by atoms with Gasteiger partial charge in [-0.25, -0.2) is 4.79 Å². The fraction of sp³-hybridized carbons (Fsp3) is 0.417. The van der Waals surface area contributed by atoms with Gasteiger partial charge >= 0.3 is 5.97 Å². The summed E-state index contributed by atoms with van der Waals surface area (Å²) in [5.74, 6) is -0.352. The van der Waals surface area contributed by atoms with E-state index < -0.39 is 11.0 Å². The highest BCUT2D eigenvalue weighted by Crippen LogP contribution is 2.35. The van der Waals surface area contributed by atoms with E-state index in [-0.39, 0.29) is 11.7 Å². The van der Waals surface area contributed by atoms with Crippen LogP contribution in [0.15, 0.2) is 22.7 Å². The highest BCUT2D eigenvalue weighted by atomic mass is 79.9. The van der Waals surface area contributed by atoms with Crippen LogP contribution in [0, 0.1) is 10.1 Å². The molecule has 1 heterocycles. The zero-order valence-electron chi connectivity index (χ0n) is 10.3. The minimum Gasteiger partial charge on any atom is -0.467 e. The summed E-state index contributed by atoms with van der Waals surface area (Å²) in [5, 5.41) is 11.1. The fourth-order valence-electron chi connectivity index (χ4n) is 2.32. The van der Waals surface area contributed by atoms with Gasteiger partial charge in [-0.05, 0) is 25.0 Å². The van der Waals surface area contributed by atoms with Crippen molar-refractivity contribution in [3.8, 4) is 0 Å². The smallest absolute Gasteiger partial charge is 0.328 e. The van der Waals surface area contributed by atoms with Crippen molar-refractivity contribution in [3.63, 3.8) is 0 Å². The normalized spacial score (nSPS) is 18.4. The lowest BCUT2D eigenvalue weighted by Crippen LogP contribution is -2.37. The Kier molecular flexibility index (Phi) is 4.04. The Bertz CT molecular complexity index is 520. The first-order valence-corrected chi connectivity index (χ1v) is 6.62. The Balaban J connectivity index is 2.40. The first-order valence-electron chi connectivity index (χ1n) is 5.83. The molecule has 1 unspecified atom stereocenters. The van der Waals surface area contributed by atoms with E-state index >= 15 is 0 Å². The average Bonchev–Trinajstić information content (AvgIpc) is 2.86. The van der Waals surface area contributed by atoms with E-state index in [0.717, 1.165) is 6.42 Å². The molecular weight excluding hydrogens is 316 g/mol. The molecule has 102 valence electrons. The van der Waals surface area contributed by atoms with Gasteiger partial charge in [0.2, 0.25) is 0 Å². The summed E-state index contributed by atoms with van der Waals surface area (Å²) in [5.41, 5.74) is 0.450. The molecule has 1 atom stereocenters. The summed E-state index contributed by atoms with van der Waals surface area (Å²) in [4.78, 5) is 24.1. The van der Waals surface area contributed by atoms with Gasteiger partial charge in [-0.3, -0.25) is 10.1 Å². The molecule has 1 aromatic rings. The van der Waals surface area contributed by atoms with E-state index in [9.17, 15) is 14.9 Å². The van der Waals surface area contributed by atoms with Gasteiger partial charge in [0.25, 0.3) is 5.69 Å². The zero-order chi connectivity index (χ0) is 14.0. The van der Waals surface area contributed by atoms with Crippen LogP contribution in [0.3, 0.4) is 0 Å². The quantitative estimate of drug-likeness (QED) is 0.484. The molecule has 0 amide bonds. The molecule has 1 aromatic carbocycles. The largest absolute Gasteiger partial charge is 0.467 e. The van der Waals surface area contributed by atoms with Gasteiger partial charge in [0.15, 0.2) is 0 Å². The Hall–Kier alpha value is -1.63. The van der Waals surface area contributed by atoms with Crippen LogP contribution < -0.4 is 4.90 Å². The highest BCUT2D eigenvalue weighted by Gasteiger charge is 2.35. The van der Waals surface area contributed by atoms with Crippen LogP contribution in [-0.2, 0) is 9.53 Å². The van der Waals surface area contributed by atoms with Crippen LogP contribution in [0.4, 0.5) is 11.4 Å². The SMILES string of the molecule is COC(=O)C1CCCN1c1ccc(Br)cc1[N+](=O)[O-]. The molecule has 1 aliphatic heterocycles. The molecule has 0 saturated carbocycles. The van der Waals surface area contributed by atoms with Gasteiger partial charge in [0.1, 0.15) is 11.7 Å². The summed E-state index contributed by atoms with van der Waals surface area (Å²) in [6, 6.07) is 4.39. The molecule has 0 spiro atoms. The Labute approximate surface area is 118 Å². The molecule has 1 fully saturated rings. The van der Waals surface area contributed by atoms with Gasteiger partial charge in [-0.15, -0.1) is 0 Å². The minimum atomic E-state index is -0.440. The third-order valence-corrected chi connectivity index (χ3v) is 3.66. The topological polar surface area (TPSA) is 72.7 Å². The van der Waals surface area contributed by atoms with Crippen LogP contribution in [0.1, 0.15) is 12.8 Å². The summed E-state index contributed by atoms with van der Waals surface area (Å²) in [6.45, 7) is 0.613. The minimum absolute atomic E-state index is 0.00909. The molecule has 6 nitrogen and oxygen atoms in total. The molecule has 1 aliphatic rings. The second kappa shape index (κ2) is 5.56. The van der Waals surface area contributed by atoms with Crippen LogP contribution in [0.5, 0.6) is 0 Å². The van der Waals surface area contributed by atoms with Crippen LogP contribution in [0.2, 0.25) is 0 Å². The molecule has 0 bridgehead atoms. The van der Waals surface area contributed by atoms with E-state index in [0.29, 0.717) is 23.1 Å². The van der Waals surface area contributed by atoms with Gasteiger partial charge in [-0.2, -0.15) is 0 Å². The number of benzene rings is 1. The molecule has 0 aromatic heterocycles. The number of hydrogen-bond acceptors (Lipinski definition) is 5. The second-order valence-electron chi connectivity index (χ2n) is 4.26. The van der Waals surface area contributed by atoms with Crippen LogP contribution in [0.25, 0.3) is 0 Å². The molecule has 1 saturated heterocycles. The number of ether oxygens (including phenoxy) is 1. The van der Waals surface area contributed by atoms with Gasteiger partial charge in [0.05, 0.1) is 12.0 Å². The molecule has 2 rings (SSSR count). The number of anilines is 1. The van der Waals surface area contributed by atoms with Crippen molar-refractivity contribution in [2.75, 3.05) is 18.6 Å². The summed E-state index contributed by atoms with van der Waals surface area (Å²) in [7, 11) is 1.33. The molecule has 0 aliphatic carbocycles. The number of halogens is 1. The number of nitro groups is 1. The monoisotopic (exact) mass is 328 g/mol. The predicted octanol–water partition coefficient (Wildman–Crippen LogP) is 2.50. The van der Waals surface area contributed by atoms with Crippen molar-refractivity contribution in [3.05, 3.63) is 32.8 Å². The predicted molar refractivity (Wildman–Crippen MR) is 73.2 cm³/mol. The Morgan fingerprint density at radius 3 is 2.95 bits per heavy atom. The first kappa shape index (κ1) is 13.8. The Morgan fingerprint density at radius 2 is 2.32 bits per heavy atom. The van der Waals surface area contributed by atoms with E-state index in [1.54, 1.807) is 17.0 Å². The maximum Gasteiger partial charge on any atom is 0.328 e. The average molecular weight is 329 g/mol. The third-order valence-electron chi connectivity index (χ3n) is 3.17. The lowest BCUT2D eigenvalue weighted by atomic mass is 10.2. The molecular formula is C12H13BrN2O4. The van der Waals surface area contributed by atoms with Crippen molar-refractivity contribution in [1.82, 2.24) is 0 Å². The van der Waals surface area contributed by atoms with E-state index in [1.165, 1.54) is 13.2 Å². The highest BCUT2D eigenvalue weighted by molar-refractivity contribution is 9.10. The number of hydrogen-bond donors (Lipinski definition) is 0. The fourth-order valence-corrected chi connectivity index (χ4v) is 2.67. The van der Waals surface area contributed by atoms with Crippen LogP contribution in [-0.4, -0.2) is 30.6 Å². The lowest BCUT2D eigenvalue weighted by Gasteiger charge is -2.24. The summed E-state index contributed by atoms with van der Waals surface area (Å²) >= 11 is 3.22. The number of methoxy groups -OCH3 is 1. The second-order valence-corrected chi connectivity index (χ2v) is 5.18. The maximum absolute atomic E-state index is 11.7. The van der Waals surface area contributed by atoms with Crippen molar-refractivity contribution < 1.29 is 14.5 Å². The first-order chi connectivity index (χ1) is 9.04. The lowest BCUT2D eigenvalue weighted by molar-refractivity contribution is -0.384. The summed E-state index contributed by atoms with van der Waals surface area (Å²) in [6.07, 6.45) is 1.47. The van der Waals surface area contributed by atoms with Gasteiger partial charge in [-0.1, -0.05) is 15.9 Å². The Morgan fingerprint density at radius 1 is 1.58 bits per heavy atom. The van der Waals surface area contributed by atoms with Crippen LogP contribution >= 0.6 is 15.9 Å². The number of nitrogens with zero attached hydrogens (tertiary/aromatic N) is 2. The maximum atomic E-state index is 11.7. The number of carbonyl (C=O) groups is 1. The van der Waals surface area contributed by atoms with E-state index in [1.807, 2.05) is 0 Å². The molecule has 19 heavy (non-hydrogen) atoms. The van der Waals surface area contributed by atoms with E-state index in [4.69, 9.17) is 4.74 Å². The number of rotatable bonds is 3. The summed E-state index contributed by atoms with van der Waals surface area (Å²) < 4.78 is 5.39. The molecule has 0 radical (unpaired) electrons. The van der Waals surface area contributed by atoms with Crippen molar-refractivity contribution in [2.45, 2.75) is 18.9 Å². The third kappa shape index (κ3) is 2.70. The molecule has 0 N–H and O–H groups in total. The number of nitro benzene ring substituents is 1. The standard InChI is InChI=1S/C12H13BrN2O4/c1-19-12(16)10-3-2-6-14(10)9-5-4-8(13)7-11(9)15(17)18/h4-5,7,10H,2-3,6H2,1H3. The van der Waals surface area contributed by atoms with Crippen molar-refractivity contribution in [1.29, 1.82) is 0 Å². The number of carbonyl (C=O) groups excluding carboxylic acids is 1. The molecule has 7 heteroatoms. The van der Waals surface area contributed by atoms with E-state index in [2.05, 4.69) is 15.9 Å². The van der Waals surface area contributed by atoms with Crippen molar-refractivity contribution in [2.24, 2.45) is 0 Å². The van der Waals surface area contributed by atoms with Gasteiger partial charge < -0.3 is 9.64 Å². The van der Waals surface area contributed by atoms with Crippen molar-refractivity contribution >= 4 is 33.3 Å². The number of esters is 1. The zero-order valence-corrected chi connectivity index (χ0v) is 11.9.